The molecule has 0 heterocycles. The Kier molecular flexibility index (Phi) is 4.26. The van der Waals surface area contributed by atoms with Gasteiger partial charge in [0, 0.05) is 10.4 Å². The summed E-state index contributed by atoms with van der Waals surface area (Å²) in [6.45, 7) is 0. The number of alkyl halides is 1. The standard InChI is InChI=1S/C19H17BrO/c1-21-19-12-5-4-11-17(19)18(20)13-15-9-6-8-14-7-2-3-10-16(14)15/h2-12,18H,13H2,1H3. The highest BCUT2D eigenvalue weighted by molar-refractivity contribution is 9.09. The second kappa shape index (κ2) is 6.31. The van der Waals surface area contributed by atoms with Crippen molar-refractivity contribution >= 4 is 26.7 Å². The highest BCUT2D eigenvalue weighted by Gasteiger charge is 2.14. The van der Waals surface area contributed by atoms with Gasteiger partial charge in [0.25, 0.3) is 0 Å². The summed E-state index contributed by atoms with van der Waals surface area (Å²) in [6, 6.07) is 23.2. The van der Waals surface area contributed by atoms with E-state index in [1.54, 1.807) is 7.11 Å². The Morgan fingerprint density at radius 2 is 1.62 bits per heavy atom. The van der Waals surface area contributed by atoms with E-state index in [0.29, 0.717) is 0 Å². The molecule has 0 radical (unpaired) electrons. The lowest BCUT2D eigenvalue weighted by Gasteiger charge is -2.15. The van der Waals surface area contributed by atoms with Crippen LogP contribution in [-0.2, 0) is 6.42 Å². The average Bonchev–Trinajstić information content (AvgIpc) is 2.55. The Morgan fingerprint density at radius 1 is 0.905 bits per heavy atom. The van der Waals surface area contributed by atoms with Crippen LogP contribution in [-0.4, -0.2) is 7.11 Å². The normalized spacial score (nSPS) is 12.3. The molecule has 0 aliphatic rings. The highest BCUT2D eigenvalue weighted by Crippen LogP contribution is 2.35. The first-order chi connectivity index (χ1) is 10.3. The van der Waals surface area contributed by atoms with Gasteiger partial charge in [-0.3, -0.25) is 0 Å². The van der Waals surface area contributed by atoms with Crippen molar-refractivity contribution in [2.45, 2.75) is 11.2 Å². The maximum atomic E-state index is 5.46. The lowest BCUT2D eigenvalue weighted by atomic mass is 9.98. The molecule has 0 aliphatic heterocycles. The lowest BCUT2D eigenvalue weighted by molar-refractivity contribution is 0.409. The van der Waals surface area contributed by atoms with Gasteiger partial charge in [-0.2, -0.15) is 0 Å². The Labute approximate surface area is 133 Å². The zero-order valence-corrected chi connectivity index (χ0v) is 13.5. The van der Waals surface area contributed by atoms with Crippen LogP contribution in [0.4, 0.5) is 0 Å². The third-order valence-corrected chi connectivity index (χ3v) is 4.57. The third-order valence-electron chi connectivity index (χ3n) is 3.76. The number of methoxy groups -OCH3 is 1. The van der Waals surface area contributed by atoms with E-state index in [9.17, 15) is 0 Å². The average molecular weight is 341 g/mol. The quantitative estimate of drug-likeness (QED) is 0.567. The van der Waals surface area contributed by atoms with Crippen LogP contribution < -0.4 is 4.74 Å². The van der Waals surface area contributed by atoms with Crippen molar-refractivity contribution in [3.8, 4) is 5.75 Å². The summed E-state index contributed by atoms with van der Waals surface area (Å²) >= 11 is 3.82. The third kappa shape index (κ3) is 2.96. The number of fused-ring (bicyclic) bond motifs is 1. The molecule has 1 atom stereocenters. The molecule has 1 nitrogen and oxygen atoms in total. The molecule has 21 heavy (non-hydrogen) atoms. The van der Waals surface area contributed by atoms with Gasteiger partial charge >= 0.3 is 0 Å². The second-order valence-electron chi connectivity index (χ2n) is 5.05. The summed E-state index contributed by atoms with van der Waals surface area (Å²) in [7, 11) is 1.72. The smallest absolute Gasteiger partial charge is 0.123 e. The van der Waals surface area contributed by atoms with Gasteiger partial charge < -0.3 is 4.74 Å². The van der Waals surface area contributed by atoms with E-state index in [0.717, 1.165) is 12.2 Å². The first-order valence-corrected chi connectivity index (χ1v) is 7.95. The topological polar surface area (TPSA) is 9.23 Å². The first-order valence-electron chi connectivity index (χ1n) is 7.03. The minimum Gasteiger partial charge on any atom is -0.496 e. The second-order valence-corrected chi connectivity index (χ2v) is 6.16. The van der Waals surface area contributed by atoms with Crippen molar-refractivity contribution in [1.82, 2.24) is 0 Å². The maximum Gasteiger partial charge on any atom is 0.123 e. The molecule has 2 heteroatoms. The monoisotopic (exact) mass is 340 g/mol. The molecule has 3 aromatic carbocycles. The van der Waals surface area contributed by atoms with E-state index in [2.05, 4.69) is 70.5 Å². The number of hydrogen-bond donors (Lipinski definition) is 0. The van der Waals surface area contributed by atoms with Crippen LogP contribution in [0.15, 0.2) is 66.7 Å². The molecule has 0 amide bonds. The minimum absolute atomic E-state index is 0.236. The lowest BCUT2D eigenvalue weighted by Crippen LogP contribution is -1.99. The first kappa shape index (κ1) is 14.2. The minimum atomic E-state index is 0.236. The van der Waals surface area contributed by atoms with E-state index in [1.165, 1.54) is 21.9 Å². The summed E-state index contributed by atoms with van der Waals surface area (Å²) < 4.78 is 5.46. The number of rotatable bonds is 4. The number of ether oxygens (including phenoxy) is 1. The van der Waals surface area contributed by atoms with E-state index in [4.69, 9.17) is 4.74 Å². The number of benzene rings is 3. The molecular weight excluding hydrogens is 324 g/mol. The van der Waals surface area contributed by atoms with E-state index < -0.39 is 0 Å². The van der Waals surface area contributed by atoms with Gasteiger partial charge in [0.05, 0.1) is 7.11 Å². The van der Waals surface area contributed by atoms with Gasteiger partial charge in [0.2, 0.25) is 0 Å². The van der Waals surface area contributed by atoms with Gasteiger partial charge in [-0.05, 0) is 28.8 Å². The van der Waals surface area contributed by atoms with E-state index >= 15 is 0 Å². The van der Waals surface area contributed by atoms with Gasteiger partial charge in [-0.15, -0.1) is 0 Å². The molecule has 0 bridgehead atoms. The molecule has 0 saturated heterocycles. The van der Waals surface area contributed by atoms with Crippen LogP contribution in [0.5, 0.6) is 5.75 Å². The van der Waals surface area contributed by atoms with Crippen molar-refractivity contribution in [2.24, 2.45) is 0 Å². The highest BCUT2D eigenvalue weighted by atomic mass is 79.9. The summed E-state index contributed by atoms with van der Waals surface area (Å²) in [5.74, 6) is 0.930. The number of halogens is 1. The SMILES string of the molecule is COc1ccccc1C(Br)Cc1cccc2ccccc12. The van der Waals surface area contributed by atoms with Crippen molar-refractivity contribution < 1.29 is 4.74 Å². The zero-order valence-electron chi connectivity index (χ0n) is 11.9. The summed E-state index contributed by atoms with van der Waals surface area (Å²) in [4.78, 5) is 0.236. The molecule has 3 aromatic rings. The molecule has 0 spiro atoms. The van der Waals surface area contributed by atoms with Crippen LogP contribution >= 0.6 is 15.9 Å². The van der Waals surface area contributed by atoms with Gasteiger partial charge in [-0.1, -0.05) is 76.6 Å². The summed E-state index contributed by atoms with van der Waals surface area (Å²) in [6.07, 6.45) is 0.932. The van der Waals surface area contributed by atoms with Gasteiger partial charge in [0.1, 0.15) is 5.75 Å². The van der Waals surface area contributed by atoms with Gasteiger partial charge in [0.15, 0.2) is 0 Å². The van der Waals surface area contributed by atoms with Crippen molar-refractivity contribution in [3.63, 3.8) is 0 Å². The van der Waals surface area contributed by atoms with Gasteiger partial charge in [-0.25, -0.2) is 0 Å². The summed E-state index contributed by atoms with van der Waals surface area (Å²) in [5, 5.41) is 2.61. The molecule has 1 unspecified atom stereocenters. The molecule has 0 aromatic heterocycles. The predicted molar refractivity (Wildman–Crippen MR) is 92.3 cm³/mol. The maximum absolute atomic E-state index is 5.46. The fourth-order valence-corrected chi connectivity index (χ4v) is 3.43. The molecule has 0 saturated carbocycles. The van der Waals surface area contributed by atoms with Crippen LogP contribution in [0, 0.1) is 0 Å². The van der Waals surface area contributed by atoms with Crippen molar-refractivity contribution in [3.05, 3.63) is 77.9 Å². The molecular formula is C19H17BrO. The van der Waals surface area contributed by atoms with E-state index in [-0.39, 0.29) is 4.83 Å². The molecule has 0 N–H and O–H groups in total. The van der Waals surface area contributed by atoms with E-state index in [1.807, 2.05) is 12.1 Å². The largest absolute Gasteiger partial charge is 0.496 e. The Morgan fingerprint density at radius 3 is 2.48 bits per heavy atom. The molecule has 3 rings (SSSR count). The number of hydrogen-bond acceptors (Lipinski definition) is 1. The zero-order chi connectivity index (χ0) is 14.7. The Bertz CT molecular complexity index is 746. The van der Waals surface area contributed by atoms with Crippen LogP contribution in [0.2, 0.25) is 0 Å². The van der Waals surface area contributed by atoms with Crippen LogP contribution in [0.3, 0.4) is 0 Å². The number of para-hydroxylation sites is 1. The van der Waals surface area contributed by atoms with Crippen LogP contribution in [0.1, 0.15) is 16.0 Å². The molecule has 106 valence electrons. The predicted octanol–water partition coefficient (Wildman–Crippen LogP) is 5.53. The fraction of sp³-hybridized carbons (Fsp3) is 0.158. The molecule has 0 aliphatic carbocycles. The van der Waals surface area contributed by atoms with Crippen molar-refractivity contribution in [2.75, 3.05) is 7.11 Å². The fourth-order valence-electron chi connectivity index (χ4n) is 2.70. The Hall–Kier alpha value is -1.80. The van der Waals surface area contributed by atoms with Crippen molar-refractivity contribution in [1.29, 1.82) is 0 Å². The van der Waals surface area contributed by atoms with Crippen LogP contribution in [0.25, 0.3) is 10.8 Å². The summed E-state index contributed by atoms with van der Waals surface area (Å²) in [5.41, 5.74) is 2.54. The Balaban J connectivity index is 1.95. The molecule has 0 fully saturated rings.